The predicted octanol–water partition coefficient (Wildman–Crippen LogP) is 3.04. The third kappa shape index (κ3) is 4.60. The lowest BCUT2D eigenvalue weighted by Crippen LogP contribution is -2.44. The van der Waals surface area contributed by atoms with Crippen LogP contribution in [0.15, 0.2) is 30.3 Å². The van der Waals surface area contributed by atoms with E-state index in [1.165, 1.54) is 0 Å². The highest BCUT2D eigenvalue weighted by Crippen LogP contribution is 2.35. The maximum absolute atomic E-state index is 12.9. The summed E-state index contributed by atoms with van der Waals surface area (Å²) < 4.78 is 38.6. The number of aliphatic hydroxyl groups is 1. The van der Waals surface area contributed by atoms with E-state index < -0.39 is 24.0 Å². The van der Waals surface area contributed by atoms with E-state index in [4.69, 9.17) is 0 Å². The Labute approximate surface area is 121 Å². The van der Waals surface area contributed by atoms with Gasteiger partial charge in [-0.15, -0.1) is 0 Å². The minimum atomic E-state index is -4.90. The molecule has 1 atom stereocenters. The van der Waals surface area contributed by atoms with Gasteiger partial charge < -0.3 is 10.0 Å². The second-order valence-electron chi connectivity index (χ2n) is 5.12. The summed E-state index contributed by atoms with van der Waals surface area (Å²) in [4.78, 5) is 12.8. The van der Waals surface area contributed by atoms with Crippen LogP contribution in [-0.4, -0.2) is 36.8 Å². The van der Waals surface area contributed by atoms with Crippen LogP contribution >= 0.6 is 0 Å². The molecule has 21 heavy (non-hydrogen) atoms. The quantitative estimate of drug-likeness (QED) is 0.909. The molecule has 0 radical (unpaired) electrons. The number of alkyl halides is 3. The Bertz CT molecular complexity index is 521. The topological polar surface area (TPSA) is 40.5 Å². The van der Waals surface area contributed by atoms with Gasteiger partial charge in [0.05, 0.1) is 0 Å². The van der Waals surface area contributed by atoms with Crippen molar-refractivity contribution in [3.63, 3.8) is 0 Å². The van der Waals surface area contributed by atoms with Crippen LogP contribution in [-0.2, 0) is 4.79 Å². The summed E-state index contributed by atoms with van der Waals surface area (Å²) in [6.45, 7) is 1.01. The number of carbonyl (C=O) groups is 1. The van der Waals surface area contributed by atoms with Crippen LogP contribution in [0.25, 0.3) is 6.08 Å². The second kappa shape index (κ2) is 6.30. The van der Waals surface area contributed by atoms with Crippen molar-refractivity contribution in [2.75, 3.05) is 19.0 Å². The zero-order valence-electron chi connectivity index (χ0n) is 12.1. The van der Waals surface area contributed by atoms with Crippen molar-refractivity contribution >= 4 is 17.5 Å². The fraction of sp³-hybridized carbons (Fsp3) is 0.400. The van der Waals surface area contributed by atoms with Gasteiger partial charge >= 0.3 is 6.18 Å². The number of nitrogens with zero attached hydrogens (tertiary/aromatic N) is 1. The van der Waals surface area contributed by atoms with Crippen molar-refractivity contribution in [1.82, 2.24) is 0 Å². The zero-order chi connectivity index (χ0) is 16.3. The van der Waals surface area contributed by atoms with Gasteiger partial charge in [-0.1, -0.05) is 18.2 Å². The van der Waals surface area contributed by atoms with Gasteiger partial charge in [0.25, 0.3) is 0 Å². The molecule has 116 valence electrons. The Balaban J connectivity index is 3.00. The molecule has 6 heteroatoms. The number of hydrogen-bond acceptors (Lipinski definition) is 3. The molecule has 0 aliphatic carbocycles. The highest BCUT2D eigenvalue weighted by molar-refractivity contribution is 5.77. The van der Waals surface area contributed by atoms with E-state index >= 15 is 0 Å². The molecule has 0 aliphatic rings. The van der Waals surface area contributed by atoms with E-state index in [-0.39, 0.29) is 0 Å². The first kappa shape index (κ1) is 17.2. The minimum absolute atomic E-state index is 0.506. The third-order valence-corrected chi connectivity index (χ3v) is 2.97. The highest BCUT2D eigenvalue weighted by atomic mass is 19.4. The Kier molecular flexibility index (Phi) is 5.17. The second-order valence-corrected chi connectivity index (χ2v) is 5.12. The van der Waals surface area contributed by atoms with E-state index in [1.807, 2.05) is 19.0 Å². The first-order valence-corrected chi connectivity index (χ1v) is 6.30. The fourth-order valence-corrected chi connectivity index (χ4v) is 1.75. The van der Waals surface area contributed by atoms with Crippen molar-refractivity contribution in [2.45, 2.75) is 25.1 Å². The highest BCUT2D eigenvalue weighted by Gasteiger charge is 2.52. The van der Waals surface area contributed by atoms with E-state index in [0.29, 0.717) is 11.6 Å². The largest absolute Gasteiger partial charge is 0.421 e. The SMILES string of the molecule is CC(=O)C[C@](O)(/C=C/c1ccc(N(C)C)cc1)C(F)(F)F. The van der Waals surface area contributed by atoms with E-state index in [2.05, 4.69) is 0 Å². The van der Waals surface area contributed by atoms with Gasteiger partial charge in [0.2, 0.25) is 0 Å². The van der Waals surface area contributed by atoms with E-state index in [0.717, 1.165) is 18.7 Å². The molecule has 0 fully saturated rings. The van der Waals surface area contributed by atoms with E-state index in [9.17, 15) is 23.1 Å². The molecule has 1 aromatic carbocycles. The Morgan fingerprint density at radius 3 is 2.14 bits per heavy atom. The molecule has 0 amide bonds. The summed E-state index contributed by atoms with van der Waals surface area (Å²) in [5.74, 6) is -0.734. The first-order chi connectivity index (χ1) is 9.55. The number of rotatable bonds is 5. The van der Waals surface area contributed by atoms with Crippen LogP contribution in [0.4, 0.5) is 18.9 Å². The van der Waals surface area contributed by atoms with Gasteiger partial charge in [-0.2, -0.15) is 13.2 Å². The molecule has 1 aromatic rings. The molecule has 0 saturated carbocycles. The summed E-state index contributed by atoms with van der Waals surface area (Å²) in [7, 11) is 3.69. The molecule has 0 saturated heterocycles. The molecule has 0 unspecified atom stereocenters. The predicted molar refractivity (Wildman–Crippen MR) is 76.1 cm³/mol. The summed E-state index contributed by atoms with van der Waals surface area (Å²) in [5, 5.41) is 9.68. The molecule has 0 heterocycles. The lowest BCUT2D eigenvalue weighted by Gasteiger charge is -2.26. The molecular weight excluding hydrogens is 283 g/mol. The van der Waals surface area contributed by atoms with Crippen LogP contribution in [0.2, 0.25) is 0 Å². The maximum Gasteiger partial charge on any atom is 0.421 e. The van der Waals surface area contributed by atoms with Crippen molar-refractivity contribution in [3.05, 3.63) is 35.9 Å². The maximum atomic E-state index is 12.9. The Hall–Kier alpha value is -1.82. The van der Waals surface area contributed by atoms with Crippen molar-refractivity contribution in [1.29, 1.82) is 0 Å². The summed E-state index contributed by atoms with van der Waals surface area (Å²) in [5.41, 5.74) is -1.73. The fourth-order valence-electron chi connectivity index (χ4n) is 1.75. The minimum Gasteiger partial charge on any atom is -0.378 e. The van der Waals surface area contributed by atoms with Gasteiger partial charge in [-0.05, 0) is 30.7 Å². The van der Waals surface area contributed by atoms with Crippen LogP contribution in [0.1, 0.15) is 18.9 Å². The average Bonchev–Trinajstić information content (AvgIpc) is 2.34. The Morgan fingerprint density at radius 2 is 1.76 bits per heavy atom. The molecule has 0 spiro atoms. The third-order valence-electron chi connectivity index (χ3n) is 2.97. The number of ketones is 1. The van der Waals surface area contributed by atoms with Gasteiger partial charge in [0.15, 0.2) is 5.60 Å². The normalized spacial score (nSPS) is 15.0. The number of benzene rings is 1. The number of Topliss-reactive ketones (excluding diaryl/α,β-unsaturated/α-hetero) is 1. The molecule has 1 rings (SSSR count). The summed E-state index contributed by atoms with van der Waals surface area (Å²) in [6, 6.07) is 6.77. The number of anilines is 1. The van der Waals surface area contributed by atoms with E-state index in [1.54, 1.807) is 24.3 Å². The number of carbonyl (C=O) groups excluding carboxylic acids is 1. The van der Waals surface area contributed by atoms with Crippen molar-refractivity contribution in [3.8, 4) is 0 Å². The Morgan fingerprint density at radius 1 is 1.24 bits per heavy atom. The van der Waals surface area contributed by atoms with Crippen LogP contribution in [0.5, 0.6) is 0 Å². The lowest BCUT2D eigenvalue weighted by molar-refractivity contribution is -0.240. The van der Waals surface area contributed by atoms with Crippen LogP contribution in [0.3, 0.4) is 0 Å². The zero-order valence-corrected chi connectivity index (χ0v) is 12.1. The van der Waals surface area contributed by atoms with Crippen molar-refractivity contribution < 1.29 is 23.1 Å². The standard InChI is InChI=1S/C15H18F3NO2/c1-11(20)10-14(21,15(16,17)18)9-8-12-4-6-13(7-5-12)19(2)3/h4-9,21H,10H2,1-3H3/b9-8+/t14-/m1/s1. The van der Waals surface area contributed by atoms with Gasteiger partial charge in [0.1, 0.15) is 5.78 Å². The summed E-state index contributed by atoms with van der Waals surface area (Å²) >= 11 is 0. The first-order valence-electron chi connectivity index (χ1n) is 6.30. The van der Waals surface area contributed by atoms with Gasteiger partial charge in [-0.25, -0.2) is 0 Å². The molecule has 0 aromatic heterocycles. The number of halogens is 3. The van der Waals surface area contributed by atoms with Gasteiger partial charge in [0, 0.05) is 26.2 Å². The van der Waals surface area contributed by atoms with Crippen molar-refractivity contribution in [2.24, 2.45) is 0 Å². The lowest BCUT2D eigenvalue weighted by atomic mass is 9.95. The molecular formula is C15H18F3NO2. The van der Waals surface area contributed by atoms with Gasteiger partial charge in [-0.3, -0.25) is 4.79 Å². The molecule has 1 N–H and O–H groups in total. The summed E-state index contributed by atoms with van der Waals surface area (Å²) in [6.07, 6.45) is -4.11. The monoisotopic (exact) mass is 301 g/mol. The molecule has 0 aliphatic heterocycles. The number of hydrogen-bond donors (Lipinski definition) is 1. The molecule has 0 bridgehead atoms. The van der Waals surface area contributed by atoms with Crippen LogP contribution in [0, 0.1) is 0 Å². The van der Waals surface area contributed by atoms with Crippen LogP contribution < -0.4 is 4.90 Å². The molecule has 3 nitrogen and oxygen atoms in total. The smallest absolute Gasteiger partial charge is 0.378 e. The average molecular weight is 301 g/mol.